The molecule has 0 aromatic carbocycles. The number of nitrogens with two attached hydrogens (primary N) is 1. The van der Waals surface area contributed by atoms with Gasteiger partial charge in [0.05, 0.1) is 0 Å². The highest BCUT2D eigenvalue weighted by Gasteiger charge is 2.14. The molecule has 4 nitrogen and oxygen atoms in total. The molecule has 0 heterocycles. The fourth-order valence-corrected chi connectivity index (χ4v) is 1.62. The maximum absolute atomic E-state index is 11.4. The molecule has 1 atom stereocenters. The largest absolute Gasteiger partial charge is 0.352 e. The van der Waals surface area contributed by atoms with Gasteiger partial charge in [-0.25, -0.2) is 0 Å². The van der Waals surface area contributed by atoms with E-state index in [1.807, 2.05) is 14.1 Å². The number of carbonyl (C=O) groups is 1. The smallest absolute Gasteiger partial charge is 0.221 e. The number of rotatable bonds is 7. The summed E-state index contributed by atoms with van der Waals surface area (Å²) in [6.45, 7) is 5.63. The minimum absolute atomic E-state index is 0. The molecule has 0 aliphatic carbocycles. The molecule has 0 saturated carbocycles. The normalized spacial score (nSPS) is 12.4. The van der Waals surface area contributed by atoms with Crippen molar-refractivity contribution in [2.75, 3.05) is 27.2 Å². The van der Waals surface area contributed by atoms with Crippen molar-refractivity contribution in [1.29, 1.82) is 0 Å². The van der Waals surface area contributed by atoms with Gasteiger partial charge < -0.3 is 16.0 Å². The van der Waals surface area contributed by atoms with Crippen molar-refractivity contribution in [2.24, 2.45) is 11.7 Å². The third kappa shape index (κ3) is 10.2. The summed E-state index contributed by atoms with van der Waals surface area (Å²) in [7, 11) is 4.03. The first-order valence-corrected chi connectivity index (χ1v) is 5.59. The van der Waals surface area contributed by atoms with Gasteiger partial charge in [0.15, 0.2) is 0 Å². The highest BCUT2D eigenvalue weighted by Crippen LogP contribution is 2.05. The van der Waals surface area contributed by atoms with E-state index in [4.69, 9.17) is 5.73 Å². The molecular formula is C11H26ClN3O. The molecule has 0 aliphatic heterocycles. The Hall–Kier alpha value is -0.320. The average Bonchev–Trinajstić information content (AvgIpc) is 2.00. The maximum Gasteiger partial charge on any atom is 0.221 e. The number of likely N-dealkylation sites (N-methyl/N-ethyl adjacent to an activating group) is 1. The number of carbonyl (C=O) groups excluding carboxylic acids is 1. The van der Waals surface area contributed by atoms with Gasteiger partial charge in [0, 0.05) is 25.6 Å². The Morgan fingerprint density at radius 2 is 1.94 bits per heavy atom. The van der Waals surface area contributed by atoms with E-state index in [-0.39, 0.29) is 24.4 Å². The summed E-state index contributed by atoms with van der Waals surface area (Å²) in [5.74, 6) is 0.651. The third-order valence-corrected chi connectivity index (χ3v) is 2.08. The van der Waals surface area contributed by atoms with Gasteiger partial charge in [0.1, 0.15) is 0 Å². The molecule has 0 aromatic heterocycles. The molecule has 0 fully saturated rings. The molecular weight excluding hydrogens is 226 g/mol. The molecule has 5 heteroatoms. The van der Waals surface area contributed by atoms with Crippen LogP contribution >= 0.6 is 12.4 Å². The van der Waals surface area contributed by atoms with Crippen molar-refractivity contribution in [2.45, 2.75) is 32.7 Å². The summed E-state index contributed by atoms with van der Waals surface area (Å²) in [6, 6.07) is 0.235. The van der Waals surface area contributed by atoms with Crippen molar-refractivity contribution in [3.05, 3.63) is 0 Å². The number of hydrogen-bond acceptors (Lipinski definition) is 3. The van der Waals surface area contributed by atoms with E-state index in [2.05, 4.69) is 24.1 Å². The van der Waals surface area contributed by atoms with Crippen LogP contribution in [0, 0.1) is 5.92 Å². The van der Waals surface area contributed by atoms with Gasteiger partial charge in [0.2, 0.25) is 5.91 Å². The molecule has 16 heavy (non-hydrogen) atoms. The molecule has 1 unspecified atom stereocenters. The lowest BCUT2D eigenvalue weighted by Gasteiger charge is -2.23. The number of hydrogen-bond donors (Lipinski definition) is 2. The van der Waals surface area contributed by atoms with Crippen molar-refractivity contribution in [3.8, 4) is 0 Å². The molecule has 0 aromatic rings. The second kappa shape index (κ2) is 9.87. The van der Waals surface area contributed by atoms with Crippen molar-refractivity contribution >= 4 is 18.3 Å². The zero-order valence-electron chi connectivity index (χ0n) is 10.8. The molecule has 0 rings (SSSR count). The first kappa shape index (κ1) is 18.1. The standard InChI is InChI=1S/C11H25N3O.ClH/c1-9(2)7-10(8-14(3)4)13-11(15)5-6-12;/h9-10H,5-8,12H2,1-4H3,(H,13,15);1H. The lowest BCUT2D eigenvalue weighted by atomic mass is 10.0. The molecule has 98 valence electrons. The van der Waals surface area contributed by atoms with E-state index in [0.29, 0.717) is 18.9 Å². The van der Waals surface area contributed by atoms with Crippen molar-refractivity contribution in [3.63, 3.8) is 0 Å². The van der Waals surface area contributed by atoms with Gasteiger partial charge in [-0.15, -0.1) is 12.4 Å². The monoisotopic (exact) mass is 251 g/mol. The Morgan fingerprint density at radius 1 is 1.38 bits per heavy atom. The van der Waals surface area contributed by atoms with Gasteiger partial charge >= 0.3 is 0 Å². The minimum Gasteiger partial charge on any atom is -0.352 e. The van der Waals surface area contributed by atoms with Crippen LogP contribution in [0.4, 0.5) is 0 Å². The third-order valence-electron chi connectivity index (χ3n) is 2.08. The lowest BCUT2D eigenvalue weighted by molar-refractivity contribution is -0.121. The average molecular weight is 252 g/mol. The van der Waals surface area contributed by atoms with E-state index in [0.717, 1.165) is 13.0 Å². The van der Waals surface area contributed by atoms with Crippen LogP contribution < -0.4 is 11.1 Å². The van der Waals surface area contributed by atoms with E-state index >= 15 is 0 Å². The zero-order valence-corrected chi connectivity index (χ0v) is 11.6. The number of amides is 1. The molecule has 0 bridgehead atoms. The van der Waals surface area contributed by atoms with E-state index < -0.39 is 0 Å². The van der Waals surface area contributed by atoms with Crippen LogP contribution in [0.2, 0.25) is 0 Å². The summed E-state index contributed by atoms with van der Waals surface area (Å²) in [5.41, 5.74) is 5.34. The van der Waals surface area contributed by atoms with Gasteiger partial charge in [-0.3, -0.25) is 4.79 Å². The first-order chi connectivity index (χ1) is 6.95. The number of nitrogens with zero attached hydrogens (tertiary/aromatic N) is 1. The summed E-state index contributed by atoms with van der Waals surface area (Å²) < 4.78 is 0. The van der Waals surface area contributed by atoms with Crippen LogP contribution in [0.1, 0.15) is 26.7 Å². The molecule has 0 radical (unpaired) electrons. The Kier molecular flexibility index (Phi) is 11.1. The van der Waals surface area contributed by atoms with E-state index in [1.54, 1.807) is 0 Å². The van der Waals surface area contributed by atoms with Crippen LogP contribution in [0.25, 0.3) is 0 Å². The molecule has 3 N–H and O–H groups in total. The Bertz CT molecular complexity index is 176. The van der Waals surface area contributed by atoms with Gasteiger partial charge in [-0.2, -0.15) is 0 Å². The minimum atomic E-state index is 0. The van der Waals surface area contributed by atoms with Crippen LogP contribution in [0.3, 0.4) is 0 Å². The molecule has 1 amide bonds. The Balaban J connectivity index is 0. The fraction of sp³-hybridized carbons (Fsp3) is 0.909. The van der Waals surface area contributed by atoms with Gasteiger partial charge in [-0.05, 0) is 26.4 Å². The summed E-state index contributed by atoms with van der Waals surface area (Å²) >= 11 is 0. The quantitative estimate of drug-likeness (QED) is 0.705. The van der Waals surface area contributed by atoms with Gasteiger partial charge in [0.25, 0.3) is 0 Å². The Labute approximate surface area is 105 Å². The van der Waals surface area contributed by atoms with Crippen LogP contribution in [-0.4, -0.2) is 44.0 Å². The highest BCUT2D eigenvalue weighted by molar-refractivity contribution is 5.85. The summed E-state index contributed by atoms with van der Waals surface area (Å²) in [5, 5.41) is 3.02. The van der Waals surface area contributed by atoms with Crippen LogP contribution in [0.5, 0.6) is 0 Å². The molecule has 0 saturated heterocycles. The summed E-state index contributed by atoms with van der Waals surface area (Å²) in [6.07, 6.45) is 1.43. The van der Waals surface area contributed by atoms with E-state index in [9.17, 15) is 4.79 Å². The summed E-state index contributed by atoms with van der Waals surface area (Å²) in [4.78, 5) is 13.5. The van der Waals surface area contributed by atoms with Crippen LogP contribution in [0.15, 0.2) is 0 Å². The zero-order chi connectivity index (χ0) is 11.8. The molecule has 0 aliphatic rings. The number of nitrogens with one attached hydrogen (secondary N) is 1. The number of halogens is 1. The van der Waals surface area contributed by atoms with Gasteiger partial charge in [-0.1, -0.05) is 13.8 Å². The van der Waals surface area contributed by atoms with E-state index in [1.165, 1.54) is 0 Å². The predicted octanol–water partition coefficient (Wildman–Crippen LogP) is 0.850. The first-order valence-electron chi connectivity index (χ1n) is 5.59. The van der Waals surface area contributed by atoms with Crippen molar-refractivity contribution < 1.29 is 4.79 Å². The second-order valence-electron chi connectivity index (χ2n) is 4.69. The lowest BCUT2D eigenvalue weighted by Crippen LogP contribution is -2.43. The fourth-order valence-electron chi connectivity index (χ4n) is 1.62. The highest BCUT2D eigenvalue weighted by atomic mass is 35.5. The predicted molar refractivity (Wildman–Crippen MR) is 70.9 cm³/mol. The van der Waals surface area contributed by atoms with Crippen molar-refractivity contribution in [1.82, 2.24) is 10.2 Å². The second-order valence-corrected chi connectivity index (χ2v) is 4.69. The maximum atomic E-state index is 11.4. The topological polar surface area (TPSA) is 58.4 Å². The Morgan fingerprint density at radius 3 is 2.31 bits per heavy atom. The molecule has 0 spiro atoms. The van der Waals surface area contributed by atoms with Crippen LogP contribution in [-0.2, 0) is 4.79 Å². The SMILES string of the molecule is CC(C)CC(CN(C)C)NC(=O)CCN.Cl.